The van der Waals surface area contributed by atoms with Crippen molar-refractivity contribution in [2.75, 3.05) is 26.8 Å². The van der Waals surface area contributed by atoms with Gasteiger partial charge in [0.2, 0.25) is 0 Å². The third-order valence-corrected chi connectivity index (χ3v) is 2.98. The van der Waals surface area contributed by atoms with Gasteiger partial charge in [0.15, 0.2) is 0 Å². The highest BCUT2D eigenvalue weighted by Gasteiger charge is 2.24. The quantitative estimate of drug-likeness (QED) is 0.860. The summed E-state index contributed by atoms with van der Waals surface area (Å²) in [4.78, 5) is 0. The van der Waals surface area contributed by atoms with E-state index in [1.807, 2.05) is 13.1 Å². The molecule has 0 aromatic carbocycles. The van der Waals surface area contributed by atoms with Crippen molar-refractivity contribution in [3.05, 3.63) is 22.6 Å². The van der Waals surface area contributed by atoms with Crippen molar-refractivity contribution in [2.24, 2.45) is 0 Å². The Morgan fingerprint density at radius 2 is 2.47 bits per heavy atom. The third kappa shape index (κ3) is 2.54. The van der Waals surface area contributed by atoms with Gasteiger partial charge in [-0.05, 0) is 19.5 Å². The molecule has 2 rings (SSSR count). The second-order valence-corrected chi connectivity index (χ2v) is 4.25. The Balaban J connectivity index is 2.06. The second kappa shape index (κ2) is 5.01. The fourth-order valence-corrected chi connectivity index (χ4v) is 2.14. The summed E-state index contributed by atoms with van der Waals surface area (Å²) in [6.07, 6.45) is 1.89. The normalized spacial score (nSPS) is 21.1. The topological polar surface area (TPSA) is 34.4 Å². The number of halogens is 1. The predicted molar refractivity (Wildman–Crippen MR) is 59.5 cm³/mol. The van der Waals surface area contributed by atoms with Crippen LogP contribution in [0.1, 0.15) is 23.9 Å². The molecule has 2 heterocycles. The monoisotopic (exact) mass is 229 g/mol. The van der Waals surface area contributed by atoms with E-state index in [1.165, 1.54) is 0 Å². The number of nitrogens with one attached hydrogen (secondary N) is 1. The first kappa shape index (κ1) is 11.0. The van der Waals surface area contributed by atoms with Crippen LogP contribution >= 0.6 is 11.6 Å². The molecule has 0 aliphatic carbocycles. The summed E-state index contributed by atoms with van der Waals surface area (Å²) < 4.78 is 11.1. The van der Waals surface area contributed by atoms with Gasteiger partial charge >= 0.3 is 0 Å². The average molecular weight is 230 g/mol. The van der Waals surface area contributed by atoms with Crippen molar-refractivity contribution in [2.45, 2.75) is 18.8 Å². The standard InChI is InChI=1S/C11H16ClNO2/c1-13-4-2-9-6-10(12)11(15-9)8-3-5-14-7-8/h6,8,13H,2-5,7H2,1H3. The lowest BCUT2D eigenvalue weighted by atomic mass is 10.1. The molecule has 1 aliphatic rings. The summed E-state index contributed by atoms with van der Waals surface area (Å²) >= 11 is 6.13. The Hall–Kier alpha value is -0.510. The van der Waals surface area contributed by atoms with Gasteiger partial charge in [-0.1, -0.05) is 11.6 Å². The van der Waals surface area contributed by atoms with E-state index < -0.39 is 0 Å². The predicted octanol–water partition coefficient (Wildman–Crippen LogP) is 2.20. The van der Waals surface area contributed by atoms with E-state index in [2.05, 4.69) is 5.32 Å². The van der Waals surface area contributed by atoms with Gasteiger partial charge in [0.25, 0.3) is 0 Å². The fourth-order valence-electron chi connectivity index (χ4n) is 1.82. The average Bonchev–Trinajstić information content (AvgIpc) is 2.83. The Morgan fingerprint density at radius 3 is 3.13 bits per heavy atom. The molecule has 0 bridgehead atoms. The molecule has 1 aromatic rings. The van der Waals surface area contributed by atoms with Crippen molar-refractivity contribution in [3.63, 3.8) is 0 Å². The molecule has 15 heavy (non-hydrogen) atoms. The van der Waals surface area contributed by atoms with Gasteiger partial charge in [0.1, 0.15) is 11.5 Å². The zero-order valence-corrected chi connectivity index (χ0v) is 9.64. The maximum Gasteiger partial charge on any atom is 0.128 e. The zero-order chi connectivity index (χ0) is 10.7. The van der Waals surface area contributed by atoms with Gasteiger partial charge in [0.05, 0.1) is 11.6 Å². The van der Waals surface area contributed by atoms with Crippen LogP contribution < -0.4 is 5.32 Å². The van der Waals surface area contributed by atoms with Gasteiger partial charge in [0, 0.05) is 25.5 Å². The van der Waals surface area contributed by atoms with Crippen molar-refractivity contribution in [3.8, 4) is 0 Å². The van der Waals surface area contributed by atoms with E-state index in [1.54, 1.807) is 0 Å². The fraction of sp³-hybridized carbons (Fsp3) is 0.636. The van der Waals surface area contributed by atoms with Crippen molar-refractivity contribution in [1.82, 2.24) is 5.32 Å². The molecule has 1 saturated heterocycles. The van der Waals surface area contributed by atoms with Gasteiger partial charge in [-0.2, -0.15) is 0 Å². The molecule has 1 fully saturated rings. The summed E-state index contributed by atoms with van der Waals surface area (Å²) in [5.41, 5.74) is 0. The molecular weight excluding hydrogens is 214 g/mol. The molecule has 1 unspecified atom stereocenters. The van der Waals surface area contributed by atoms with E-state index in [9.17, 15) is 0 Å². The number of likely N-dealkylation sites (N-methyl/N-ethyl adjacent to an activating group) is 1. The second-order valence-electron chi connectivity index (χ2n) is 3.84. The molecule has 0 saturated carbocycles. The van der Waals surface area contributed by atoms with Crippen LogP contribution in [0.25, 0.3) is 0 Å². The molecule has 1 atom stereocenters. The zero-order valence-electron chi connectivity index (χ0n) is 8.88. The summed E-state index contributed by atoms with van der Waals surface area (Å²) in [6, 6.07) is 1.92. The molecule has 0 amide bonds. The molecule has 1 N–H and O–H groups in total. The van der Waals surface area contributed by atoms with Crippen molar-refractivity contribution in [1.29, 1.82) is 0 Å². The highest BCUT2D eigenvalue weighted by Crippen LogP contribution is 2.33. The Labute approximate surface area is 94.7 Å². The van der Waals surface area contributed by atoms with Gasteiger partial charge in [-0.25, -0.2) is 0 Å². The smallest absolute Gasteiger partial charge is 0.128 e. The Kier molecular flexibility index (Phi) is 3.67. The van der Waals surface area contributed by atoms with Crippen LogP contribution in [0, 0.1) is 0 Å². The van der Waals surface area contributed by atoms with Crippen LogP contribution in [0.5, 0.6) is 0 Å². The first-order chi connectivity index (χ1) is 7.31. The van der Waals surface area contributed by atoms with E-state index in [0.29, 0.717) is 5.92 Å². The lowest BCUT2D eigenvalue weighted by Gasteiger charge is -2.03. The van der Waals surface area contributed by atoms with Gasteiger partial charge in [-0.15, -0.1) is 0 Å². The van der Waals surface area contributed by atoms with E-state index >= 15 is 0 Å². The van der Waals surface area contributed by atoms with Crippen LogP contribution in [0.4, 0.5) is 0 Å². The minimum Gasteiger partial charge on any atom is -0.464 e. The van der Waals surface area contributed by atoms with E-state index in [-0.39, 0.29) is 0 Å². The maximum atomic E-state index is 6.13. The lowest BCUT2D eigenvalue weighted by molar-refractivity contribution is 0.191. The minimum atomic E-state index is 0.348. The first-order valence-electron chi connectivity index (χ1n) is 5.31. The van der Waals surface area contributed by atoms with E-state index in [4.69, 9.17) is 20.8 Å². The lowest BCUT2D eigenvalue weighted by Crippen LogP contribution is -2.09. The number of ether oxygens (including phenoxy) is 1. The molecule has 1 aromatic heterocycles. The highest BCUT2D eigenvalue weighted by molar-refractivity contribution is 6.31. The van der Waals surface area contributed by atoms with Gasteiger partial charge < -0.3 is 14.5 Å². The molecule has 1 aliphatic heterocycles. The first-order valence-corrected chi connectivity index (χ1v) is 5.69. The maximum absolute atomic E-state index is 6.13. The number of hydrogen-bond acceptors (Lipinski definition) is 3. The van der Waals surface area contributed by atoms with Crippen LogP contribution in [0.3, 0.4) is 0 Å². The van der Waals surface area contributed by atoms with Gasteiger partial charge in [-0.3, -0.25) is 0 Å². The molecular formula is C11H16ClNO2. The Morgan fingerprint density at radius 1 is 1.60 bits per heavy atom. The number of furan rings is 1. The summed E-state index contributed by atoms with van der Waals surface area (Å²) in [6.45, 7) is 2.46. The summed E-state index contributed by atoms with van der Waals surface area (Å²) in [5, 5.41) is 3.83. The molecule has 0 radical (unpaired) electrons. The number of hydrogen-bond donors (Lipinski definition) is 1. The molecule has 4 heteroatoms. The van der Waals surface area contributed by atoms with Crippen LogP contribution in [-0.4, -0.2) is 26.8 Å². The van der Waals surface area contributed by atoms with Crippen LogP contribution in [-0.2, 0) is 11.2 Å². The summed E-state index contributed by atoms with van der Waals surface area (Å²) in [5.74, 6) is 2.21. The van der Waals surface area contributed by atoms with Crippen molar-refractivity contribution < 1.29 is 9.15 Å². The highest BCUT2D eigenvalue weighted by atomic mass is 35.5. The minimum absolute atomic E-state index is 0.348. The Bertz CT molecular complexity index is 318. The molecule has 0 spiro atoms. The van der Waals surface area contributed by atoms with Crippen LogP contribution in [0.2, 0.25) is 5.02 Å². The number of rotatable bonds is 4. The van der Waals surface area contributed by atoms with Crippen LogP contribution in [0.15, 0.2) is 10.5 Å². The van der Waals surface area contributed by atoms with Crippen molar-refractivity contribution >= 4 is 11.6 Å². The van der Waals surface area contributed by atoms with E-state index in [0.717, 1.165) is 49.1 Å². The third-order valence-electron chi connectivity index (χ3n) is 2.69. The molecule has 84 valence electrons. The summed E-state index contributed by atoms with van der Waals surface area (Å²) in [7, 11) is 1.93. The molecule has 3 nitrogen and oxygen atoms in total. The SMILES string of the molecule is CNCCc1cc(Cl)c(C2CCOC2)o1. The largest absolute Gasteiger partial charge is 0.464 e.